The maximum absolute atomic E-state index is 13.2. The number of hydrogen-bond donors (Lipinski definition) is 2. The third-order valence-corrected chi connectivity index (χ3v) is 2.71. The van der Waals surface area contributed by atoms with E-state index in [4.69, 9.17) is 5.11 Å². The molecule has 1 rings (SSSR count). The molecule has 0 aliphatic heterocycles. The van der Waals surface area contributed by atoms with E-state index in [1.54, 1.807) is 13.1 Å². The Morgan fingerprint density at radius 3 is 2.92 bits per heavy atom. The molecule has 72 valence electrons. The molecule has 0 fully saturated rings. The maximum atomic E-state index is 13.2. The molecule has 1 atom stereocenters. The summed E-state index contributed by atoms with van der Waals surface area (Å²) in [5, 5.41) is 11.8. The van der Waals surface area contributed by atoms with E-state index in [0.29, 0.717) is 5.56 Å². The topological polar surface area (TPSA) is 45.1 Å². The summed E-state index contributed by atoms with van der Waals surface area (Å²) in [7, 11) is 1.67. The first-order valence-electron chi connectivity index (χ1n) is 3.78. The first kappa shape index (κ1) is 10.8. The van der Waals surface area contributed by atoms with Gasteiger partial charge in [-0.1, -0.05) is 0 Å². The first-order chi connectivity index (χ1) is 6.20. The molecule has 0 spiro atoms. The molecule has 0 aliphatic carbocycles. The van der Waals surface area contributed by atoms with Crippen LogP contribution in [-0.2, 0) is 0 Å². The fourth-order valence-electron chi connectivity index (χ4n) is 1.06. The molecule has 2 N–H and O–H groups in total. The van der Waals surface area contributed by atoms with Gasteiger partial charge in [-0.2, -0.15) is 4.39 Å². The second-order valence-electron chi connectivity index (χ2n) is 2.52. The molecule has 0 amide bonds. The average Bonchev–Trinajstić information content (AvgIpc) is 2.11. The fraction of sp³-hybridized carbons (Fsp3) is 0.375. The summed E-state index contributed by atoms with van der Waals surface area (Å²) in [6, 6.07) is 1.32. The minimum Gasteiger partial charge on any atom is -0.394 e. The van der Waals surface area contributed by atoms with Gasteiger partial charge in [0.2, 0.25) is 5.95 Å². The number of aliphatic hydroxyl groups excluding tert-OH is 1. The summed E-state index contributed by atoms with van der Waals surface area (Å²) in [5.41, 5.74) is 0.424. The highest BCUT2D eigenvalue weighted by Gasteiger charge is 2.16. The fourth-order valence-corrected chi connectivity index (χ4v) is 1.82. The van der Waals surface area contributed by atoms with Crippen molar-refractivity contribution in [2.24, 2.45) is 0 Å². The number of nitrogens with one attached hydrogen (secondary N) is 1. The van der Waals surface area contributed by atoms with E-state index >= 15 is 0 Å². The summed E-state index contributed by atoms with van der Waals surface area (Å²) in [6.45, 7) is -0.144. The van der Waals surface area contributed by atoms with Crippen LogP contribution in [0.3, 0.4) is 0 Å². The highest BCUT2D eigenvalue weighted by molar-refractivity contribution is 14.1. The van der Waals surface area contributed by atoms with Gasteiger partial charge in [0.1, 0.15) is 0 Å². The summed E-state index contributed by atoms with van der Waals surface area (Å²) in [5.74, 6) is -0.527. The Balaban J connectivity index is 3.10. The van der Waals surface area contributed by atoms with Crippen molar-refractivity contribution < 1.29 is 9.50 Å². The molecular weight excluding hydrogens is 286 g/mol. The lowest BCUT2D eigenvalue weighted by Gasteiger charge is -2.14. The molecule has 5 heteroatoms. The van der Waals surface area contributed by atoms with Crippen LogP contribution in [0.25, 0.3) is 0 Å². The second-order valence-corrected chi connectivity index (χ2v) is 3.68. The average molecular weight is 296 g/mol. The monoisotopic (exact) mass is 296 g/mol. The van der Waals surface area contributed by atoms with Crippen molar-refractivity contribution in [2.75, 3.05) is 13.7 Å². The van der Waals surface area contributed by atoms with Gasteiger partial charge in [0, 0.05) is 15.3 Å². The number of likely N-dealkylation sites (N-methyl/N-ethyl adjacent to an activating group) is 1. The first-order valence-corrected chi connectivity index (χ1v) is 4.86. The molecule has 3 nitrogen and oxygen atoms in total. The van der Waals surface area contributed by atoms with Crippen LogP contribution in [0.2, 0.25) is 0 Å². The van der Waals surface area contributed by atoms with Gasteiger partial charge in [0.15, 0.2) is 0 Å². The van der Waals surface area contributed by atoms with E-state index in [0.717, 1.165) is 3.57 Å². The van der Waals surface area contributed by atoms with Crippen molar-refractivity contribution in [2.45, 2.75) is 6.04 Å². The normalized spacial score (nSPS) is 12.9. The van der Waals surface area contributed by atoms with Crippen LogP contribution in [-0.4, -0.2) is 23.7 Å². The zero-order chi connectivity index (χ0) is 9.84. The molecule has 1 heterocycles. The molecular formula is C8H10FIN2O. The molecule has 1 aromatic rings. The lowest BCUT2D eigenvalue weighted by molar-refractivity contribution is 0.246. The van der Waals surface area contributed by atoms with Gasteiger partial charge >= 0.3 is 0 Å². The van der Waals surface area contributed by atoms with Crippen molar-refractivity contribution in [1.29, 1.82) is 0 Å². The van der Waals surface area contributed by atoms with Gasteiger partial charge in [0.25, 0.3) is 0 Å². The van der Waals surface area contributed by atoms with E-state index in [-0.39, 0.29) is 12.6 Å². The Morgan fingerprint density at radius 2 is 2.46 bits per heavy atom. The van der Waals surface area contributed by atoms with Gasteiger partial charge in [-0.25, -0.2) is 4.98 Å². The molecule has 0 aliphatic rings. The van der Waals surface area contributed by atoms with Gasteiger partial charge in [-0.05, 0) is 35.7 Å². The van der Waals surface area contributed by atoms with Crippen LogP contribution >= 0.6 is 22.6 Å². The van der Waals surface area contributed by atoms with E-state index in [2.05, 4.69) is 10.3 Å². The molecule has 0 unspecified atom stereocenters. The predicted molar refractivity (Wildman–Crippen MR) is 55.8 cm³/mol. The van der Waals surface area contributed by atoms with E-state index in [9.17, 15) is 4.39 Å². The maximum Gasteiger partial charge on any atom is 0.218 e. The Morgan fingerprint density at radius 1 is 1.77 bits per heavy atom. The Kier molecular flexibility index (Phi) is 4.01. The van der Waals surface area contributed by atoms with Gasteiger partial charge < -0.3 is 10.4 Å². The van der Waals surface area contributed by atoms with Gasteiger partial charge in [-0.15, -0.1) is 0 Å². The largest absolute Gasteiger partial charge is 0.394 e. The zero-order valence-corrected chi connectivity index (χ0v) is 9.25. The molecule has 13 heavy (non-hydrogen) atoms. The van der Waals surface area contributed by atoms with Gasteiger partial charge in [-0.3, -0.25) is 0 Å². The standard InChI is InChI=1S/C8H10FIN2O/c1-11-6(4-13)7-5(10)2-3-12-8(7)9/h2-3,6,11,13H,4H2,1H3/t6-/m1/s1. The Bertz CT molecular complexity index is 271. The number of halogens is 2. The Labute approximate surface area is 89.5 Å². The van der Waals surface area contributed by atoms with Crippen LogP contribution in [0.4, 0.5) is 4.39 Å². The van der Waals surface area contributed by atoms with Crippen molar-refractivity contribution in [3.8, 4) is 0 Å². The molecule has 0 radical (unpaired) electrons. The second kappa shape index (κ2) is 4.83. The minimum atomic E-state index is -0.527. The highest BCUT2D eigenvalue weighted by atomic mass is 127. The number of aliphatic hydroxyl groups is 1. The smallest absolute Gasteiger partial charge is 0.218 e. The van der Waals surface area contributed by atoms with Crippen LogP contribution in [0.5, 0.6) is 0 Å². The van der Waals surface area contributed by atoms with E-state index < -0.39 is 5.95 Å². The highest BCUT2D eigenvalue weighted by Crippen LogP contribution is 2.20. The summed E-state index contributed by atoms with van der Waals surface area (Å²) < 4.78 is 14.0. The quantitative estimate of drug-likeness (QED) is 0.648. The van der Waals surface area contributed by atoms with Crippen molar-refractivity contribution in [1.82, 2.24) is 10.3 Å². The third kappa shape index (κ3) is 2.35. The number of nitrogens with zero attached hydrogens (tertiary/aromatic N) is 1. The molecule has 1 aromatic heterocycles. The zero-order valence-electron chi connectivity index (χ0n) is 7.09. The lowest BCUT2D eigenvalue weighted by atomic mass is 10.1. The number of aromatic nitrogens is 1. The summed E-state index contributed by atoms with van der Waals surface area (Å²) >= 11 is 2.02. The van der Waals surface area contributed by atoms with Crippen LogP contribution in [0.15, 0.2) is 12.3 Å². The van der Waals surface area contributed by atoms with Crippen LogP contribution in [0, 0.1) is 9.52 Å². The van der Waals surface area contributed by atoms with Gasteiger partial charge in [0.05, 0.1) is 12.6 Å². The lowest BCUT2D eigenvalue weighted by Crippen LogP contribution is -2.22. The molecule has 0 bridgehead atoms. The Hall–Kier alpha value is -0.270. The summed E-state index contributed by atoms with van der Waals surface area (Å²) in [6.07, 6.45) is 1.41. The van der Waals surface area contributed by atoms with E-state index in [1.165, 1.54) is 6.20 Å². The number of hydrogen-bond acceptors (Lipinski definition) is 3. The molecule has 0 aromatic carbocycles. The van der Waals surface area contributed by atoms with Crippen molar-refractivity contribution >= 4 is 22.6 Å². The molecule has 0 saturated heterocycles. The SMILES string of the molecule is CN[C@H](CO)c1c(I)ccnc1F. The molecule has 0 saturated carbocycles. The number of rotatable bonds is 3. The predicted octanol–water partition coefficient (Wildman–Crippen LogP) is 1.08. The van der Waals surface area contributed by atoms with Crippen molar-refractivity contribution in [3.63, 3.8) is 0 Å². The minimum absolute atomic E-state index is 0.144. The van der Waals surface area contributed by atoms with Crippen LogP contribution < -0.4 is 5.32 Å². The van der Waals surface area contributed by atoms with E-state index in [1.807, 2.05) is 22.6 Å². The van der Waals surface area contributed by atoms with Crippen LogP contribution in [0.1, 0.15) is 11.6 Å². The van der Waals surface area contributed by atoms with Crippen molar-refractivity contribution in [3.05, 3.63) is 27.3 Å². The number of pyridine rings is 1. The summed E-state index contributed by atoms with van der Waals surface area (Å²) in [4.78, 5) is 3.53. The third-order valence-electron chi connectivity index (χ3n) is 1.77.